The zero-order chi connectivity index (χ0) is 17.5. The molecule has 0 aromatic heterocycles. The van der Waals surface area contributed by atoms with E-state index in [9.17, 15) is 9.59 Å². The summed E-state index contributed by atoms with van der Waals surface area (Å²) in [6, 6.07) is 11.7. The van der Waals surface area contributed by atoms with Crippen molar-refractivity contribution in [2.45, 2.75) is 26.2 Å². The quantitative estimate of drug-likeness (QED) is 0.821. The van der Waals surface area contributed by atoms with Crippen LogP contribution in [0.25, 0.3) is 10.8 Å². The van der Waals surface area contributed by atoms with E-state index >= 15 is 0 Å². The summed E-state index contributed by atoms with van der Waals surface area (Å²) >= 11 is 0. The van der Waals surface area contributed by atoms with Gasteiger partial charge in [0.1, 0.15) is 5.75 Å². The molecule has 2 aromatic rings. The number of carbonyl (C=O) groups is 2. The van der Waals surface area contributed by atoms with Gasteiger partial charge in [-0.1, -0.05) is 31.2 Å². The van der Waals surface area contributed by atoms with Crippen molar-refractivity contribution in [1.82, 2.24) is 10.6 Å². The van der Waals surface area contributed by atoms with Gasteiger partial charge in [-0.15, -0.1) is 0 Å². The molecule has 0 aliphatic rings. The molecule has 0 aliphatic carbocycles. The largest absolute Gasteiger partial charge is 0.497 e. The molecule has 128 valence electrons. The number of fused-ring (bicyclic) bond motifs is 1. The van der Waals surface area contributed by atoms with Gasteiger partial charge in [-0.3, -0.25) is 9.59 Å². The highest BCUT2D eigenvalue weighted by Crippen LogP contribution is 2.25. The number of benzene rings is 2. The lowest BCUT2D eigenvalue weighted by molar-refractivity contribution is -0.126. The summed E-state index contributed by atoms with van der Waals surface area (Å²) in [5.41, 5.74) is 0.916. The first-order chi connectivity index (χ1) is 11.5. The van der Waals surface area contributed by atoms with Crippen LogP contribution < -0.4 is 15.4 Å². The molecule has 24 heavy (non-hydrogen) atoms. The lowest BCUT2D eigenvalue weighted by Gasteiger charge is -2.13. The van der Waals surface area contributed by atoms with Crippen molar-refractivity contribution in [2.24, 2.45) is 0 Å². The number of rotatable bonds is 7. The van der Waals surface area contributed by atoms with Crippen molar-refractivity contribution < 1.29 is 14.3 Å². The molecule has 0 saturated heterocycles. The van der Waals surface area contributed by atoms with Crippen molar-refractivity contribution in [3.05, 3.63) is 42.0 Å². The number of amides is 2. The molecule has 0 unspecified atom stereocenters. The molecule has 0 spiro atoms. The monoisotopic (exact) mass is 328 g/mol. The fourth-order valence-electron chi connectivity index (χ4n) is 2.44. The van der Waals surface area contributed by atoms with Crippen LogP contribution in [0.15, 0.2) is 36.4 Å². The Balaban J connectivity index is 2.03. The van der Waals surface area contributed by atoms with E-state index in [4.69, 9.17) is 4.74 Å². The SMILES string of the molecule is CCCNC(=O)CNC(=O)[C@@H](C)c1ccc2cc(OC)ccc2c1. The third-order valence-corrected chi connectivity index (χ3v) is 3.96. The Morgan fingerprint density at radius 3 is 2.50 bits per heavy atom. The van der Waals surface area contributed by atoms with Gasteiger partial charge in [-0.25, -0.2) is 0 Å². The van der Waals surface area contributed by atoms with Crippen LogP contribution in [-0.2, 0) is 9.59 Å². The van der Waals surface area contributed by atoms with E-state index in [-0.39, 0.29) is 24.3 Å². The molecule has 2 rings (SSSR count). The molecule has 2 aromatic carbocycles. The lowest BCUT2D eigenvalue weighted by Crippen LogP contribution is -2.38. The normalized spacial score (nSPS) is 11.8. The Morgan fingerprint density at radius 2 is 1.79 bits per heavy atom. The highest BCUT2D eigenvalue weighted by Gasteiger charge is 2.16. The van der Waals surface area contributed by atoms with Crippen LogP contribution in [0.5, 0.6) is 5.75 Å². The van der Waals surface area contributed by atoms with E-state index in [1.807, 2.05) is 50.2 Å². The van der Waals surface area contributed by atoms with E-state index in [2.05, 4.69) is 10.6 Å². The number of methoxy groups -OCH3 is 1. The Morgan fingerprint density at radius 1 is 1.08 bits per heavy atom. The fraction of sp³-hybridized carbons (Fsp3) is 0.368. The number of hydrogen-bond donors (Lipinski definition) is 2. The zero-order valence-corrected chi connectivity index (χ0v) is 14.4. The van der Waals surface area contributed by atoms with Crippen molar-refractivity contribution in [2.75, 3.05) is 20.2 Å². The smallest absolute Gasteiger partial charge is 0.239 e. The zero-order valence-electron chi connectivity index (χ0n) is 14.4. The van der Waals surface area contributed by atoms with Crippen molar-refractivity contribution >= 4 is 22.6 Å². The molecule has 0 fully saturated rings. The first-order valence-corrected chi connectivity index (χ1v) is 8.17. The number of hydrogen-bond acceptors (Lipinski definition) is 3. The van der Waals surface area contributed by atoms with Crippen LogP contribution in [0.2, 0.25) is 0 Å². The van der Waals surface area contributed by atoms with Crippen LogP contribution in [-0.4, -0.2) is 32.0 Å². The van der Waals surface area contributed by atoms with Crippen LogP contribution in [0, 0.1) is 0 Å². The van der Waals surface area contributed by atoms with E-state index in [1.165, 1.54) is 0 Å². The van der Waals surface area contributed by atoms with Gasteiger partial charge in [0, 0.05) is 6.54 Å². The van der Waals surface area contributed by atoms with E-state index in [1.54, 1.807) is 7.11 Å². The molecule has 5 heteroatoms. The molecular weight excluding hydrogens is 304 g/mol. The molecule has 0 heterocycles. The summed E-state index contributed by atoms with van der Waals surface area (Å²) in [6.45, 7) is 4.45. The maximum atomic E-state index is 12.2. The summed E-state index contributed by atoms with van der Waals surface area (Å²) in [5, 5.41) is 7.53. The first kappa shape index (κ1) is 17.8. The second-order valence-corrected chi connectivity index (χ2v) is 5.76. The Labute approximate surface area is 142 Å². The van der Waals surface area contributed by atoms with Gasteiger partial charge >= 0.3 is 0 Å². The van der Waals surface area contributed by atoms with Crippen LogP contribution in [0.3, 0.4) is 0 Å². The minimum Gasteiger partial charge on any atom is -0.497 e. The maximum Gasteiger partial charge on any atom is 0.239 e. The third kappa shape index (κ3) is 4.47. The molecule has 5 nitrogen and oxygen atoms in total. The third-order valence-electron chi connectivity index (χ3n) is 3.96. The van der Waals surface area contributed by atoms with Gasteiger partial charge < -0.3 is 15.4 Å². The maximum absolute atomic E-state index is 12.2. The van der Waals surface area contributed by atoms with Gasteiger partial charge in [-0.2, -0.15) is 0 Å². The lowest BCUT2D eigenvalue weighted by atomic mass is 9.97. The predicted molar refractivity (Wildman–Crippen MR) is 95.2 cm³/mol. The fourth-order valence-corrected chi connectivity index (χ4v) is 2.44. The van der Waals surface area contributed by atoms with Crippen LogP contribution in [0.1, 0.15) is 31.7 Å². The molecule has 2 amide bonds. The molecule has 2 N–H and O–H groups in total. The molecule has 0 aliphatic heterocycles. The summed E-state index contributed by atoms with van der Waals surface area (Å²) in [4.78, 5) is 23.8. The first-order valence-electron chi connectivity index (χ1n) is 8.17. The summed E-state index contributed by atoms with van der Waals surface area (Å²) in [5.74, 6) is 0.159. The van der Waals surface area contributed by atoms with Crippen LogP contribution in [0.4, 0.5) is 0 Å². The van der Waals surface area contributed by atoms with Gasteiger partial charge in [0.25, 0.3) is 0 Å². The number of carbonyl (C=O) groups excluding carboxylic acids is 2. The molecular formula is C19H24N2O3. The highest BCUT2D eigenvalue weighted by molar-refractivity contribution is 5.90. The second kappa shape index (κ2) is 8.34. The Bertz CT molecular complexity index is 728. The molecule has 0 saturated carbocycles. The average Bonchev–Trinajstić information content (AvgIpc) is 2.62. The molecule has 0 bridgehead atoms. The van der Waals surface area contributed by atoms with Crippen molar-refractivity contribution in [3.8, 4) is 5.75 Å². The minimum atomic E-state index is -0.324. The second-order valence-electron chi connectivity index (χ2n) is 5.76. The molecule has 1 atom stereocenters. The molecule has 0 radical (unpaired) electrons. The Kier molecular flexibility index (Phi) is 6.18. The summed E-state index contributed by atoms with van der Waals surface area (Å²) < 4.78 is 5.22. The number of ether oxygens (including phenoxy) is 1. The van der Waals surface area contributed by atoms with Gasteiger partial charge in [-0.05, 0) is 41.8 Å². The standard InChI is InChI=1S/C19H24N2O3/c1-4-9-20-18(22)12-21-19(23)13(2)14-5-6-16-11-17(24-3)8-7-15(16)10-14/h5-8,10-11,13H,4,9,12H2,1-3H3,(H,20,22)(H,21,23)/t13-/m0/s1. The average molecular weight is 328 g/mol. The minimum absolute atomic E-state index is 0.00789. The number of nitrogens with one attached hydrogen (secondary N) is 2. The topological polar surface area (TPSA) is 67.4 Å². The highest BCUT2D eigenvalue weighted by atomic mass is 16.5. The van der Waals surface area contributed by atoms with E-state index in [0.29, 0.717) is 6.54 Å². The van der Waals surface area contributed by atoms with Crippen molar-refractivity contribution in [1.29, 1.82) is 0 Å². The summed E-state index contributed by atoms with van der Waals surface area (Å²) in [6.07, 6.45) is 0.873. The van der Waals surface area contributed by atoms with Gasteiger partial charge in [0.15, 0.2) is 0 Å². The van der Waals surface area contributed by atoms with E-state index < -0.39 is 0 Å². The van der Waals surface area contributed by atoms with Gasteiger partial charge in [0.2, 0.25) is 11.8 Å². The predicted octanol–water partition coefficient (Wildman–Crippen LogP) is 2.59. The Hall–Kier alpha value is -2.56. The summed E-state index contributed by atoms with van der Waals surface area (Å²) in [7, 11) is 1.64. The van der Waals surface area contributed by atoms with Crippen molar-refractivity contribution in [3.63, 3.8) is 0 Å². The van der Waals surface area contributed by atoms with Crippen LogP contribution >= 0.6 is 0 Å². The van der Waals surface area contributed by atoms with E-state index in [0.717, 1.165) is 28.5 Å². The van der Waals surface area contributed by atoms with Gasteiger partial charge in [0.05, 0.1) is 19.6 Å².